The normalized spacial score (nSPS) is 11.7. The number of carbonyl (C=O) groups excluding carboxylic acids is 2. The lowest BCUT2D eigenvalue weighted by atomic mass is 10.1. The largest absolute Gasteiger partial charge is 0.469 e. The van der Waals surface area contributed by atoms with Crippen molar-refractivity contribution >= 4 is 29.3 Å². The molecule has 0 radical (unpaired) electrons. The highest BCUT2D eigenvalue weighted by atomic mass is 35.5. The summed E-state index contributed by atoms with van der Waals surface area (Å²) >= 11 is 5.85. The summed E-state index contributed by atoms with van der Waals surface area (Å²) in [6.07, 6.45) is 4.25. The average Bonchev–Trinajstić information content (AvgIpc) is 2.58. The lowest BCUT2D eigenvalue weighted by molar-refractivity contribution is -0.145. The van der Waals surface area contributed by atoms with Gasteiger partial charge < -0.3 is 15.0 Å². The molecule has 0 aliphatic rings. The number of nitrogens with one attached hydrogen (secondary N) is 1. The zero-order chi connectivity index (χ0) is 17.9. The highest BCUT2D eigenvalue weighted by molar-refractivity contribution is 6.30. The number of amides is 2. The van der Waals surface area contributed by atoms with E-state index in [1.165, 1.54) is 7.11 Å². The quantitative estimate of drug-likeness (QED) is 0.522. The third-order valence-electron chi connectivity index (χ3n) is 3.76. The van der Waals surface area contributed by atoms with Crippen molar-refractivity contribution in [2.75, 3.05) is 25.5 Å². The molecule has 6 heteroatoms. The summed E-state index contributed by atoms with van der Waals surface area (Å²) in [5.41, 5.74) is 0.675. The van der Waals surface area contributed by atoms with Gasteiger partial charge in [0.2, 0.25) is 0 Å². The molecule has 0 heterocycles. The number of hydrogen-bond acceptors (Lipinski definition) is 3. The van der Waals surface area contributed by atoms with Gasteiger partial charge in [0.25, 0.3) is 0 Å². The molecule has 1 N–H and O–H groups in total. The van der Waals surface area contributed by atoms with Gasteiger partial charge in [0.15, 0.2) is 0 Å². The highest BCUT2D eigenvalue weighted by Gasteiger charge is 2.21. The molecule has 0 spiro atoms. The maximum absolute atomic E-state index is 12.5. The van der Waals surface area contributed by atoms with E-state index in [9.17, 15) is 9.59 Å². The molecule has 1 aromatic carbocycles. The first kappa shape index (κ1) is 20.3. The van der Waals surface area contributed by atoms with Gasteiger partial charge in [0.05, 0.1) is 13.0 Å². The zero-order valence-corrected chi connectivity index (χ0v) is 15.4. The molecule has 1 atom stereocenters. The second-order valence-corrected chi connectivity index (χ2v) is 6.30. The minimum absolute atomic E-state index is 0.218. The third kappa shape index (κ3) is 7.21. The number of esters is 1. The fourth-order valence-corrected chi connectivity index (χ4v) is 2.47. The predicted molar refractivity (Wildman–Crippen MR) is 97.4 cm³/mol. The molecule has 2 amide bonds. The molecule has 24 heavy (non-hydrogen) atoms. The van der Waals surface area contributed by atoms with Crippen LogP contribution in [0.1, 0.15) is 39.5 Å². The Kier molecular flexibility index (Phi) is 9.23. The summed E-state index contributed by atoms with van der Waals surface area (Å²) in [4.78, 5) is 25.9. The molecule has 0 aliphatic heterocycles. The highest BCUT2D eigenvalue weighted by Crippen LogP contribution is 2.15. The Hall–Kier alpha value is -1.75. The Morgan fingerprint density at radius 2 is 1.88 bits per heavy atom. The van der Waals surface area contributed by atoms with E-state index in [1.54, 1.807) is 36.1 Å². The SMILES string of the molecule is CCCCCCN(CC(C)C(=O)OC)C(=O)Nc1ccc(Cl)cc1. The summed E-state index contributed by atoms with van der Waals surface area (Å²) in [5.74, 6) is -0.676. The van der Waals surface area contributed by atoms with E-state index < -0.39 is 0 Å². The number of halogens is 1. The van der Waals surface area contributed by atoms with Gasteiger partial charge in [-0.3, -0.25) is 4.79 Å². The topological polar surface area (TPSA) is 58.6 Å². The number of unbranched alkanes of at least 4 members (excludes halogenated alkanes) is 3. The first-order valence-corrected chi connectivity index (χ1v) is 8.75. The summed E-state index contributed by atoms with van der Waals surface area (Å²) < 4.78 is 4.76. The van der Waals surface area contributed by atoms with Gasteiger partial charge in [-0.25, -0.2) is 4.79 Å². The average molecular weight is 355 g/mol. The summed E-state index contributed by atoms with van der Waals surface area (Å²) in [5, 5.41) is 3.46. The second-order valence-electron chi connectivity index (χ2n) is 5.87. The van der Waals surface area contributed by atoms with Crippen LogP contribution in [0.2, 0.25) is 5.02 Å². The molecular formula is C18H27ClN2O3. The van der Waals surface area contributed by atoms with Crippen molar-refractivity contribution in [3.63, 3.8) is 0 Å². The number of carbonyl (C=O) groups is 2. The lowest BCUT2D eigenvalue weighted by Crippen LogP contribution is -2.40. The van der Waals surface area contributed by atoms with Gasteiger partial charge in [-0.15, -0.1) is 0 Å². The Balaban J connectivity index is 2.68. The molecule has 0 aromatic heterocycles. The fourth-order valence-electron chi connectivity index (χ4n) is 2.35. The molecule has 0 aliphatic carbocycles. The lowest BCUT2D eigenvalue weighted by Gasteiger charge is -2.25. The number of hydrogen-bond donors (Lipinski definition) is 1. The smallest absolute Gasteiger partial charge is 0.321 e. The maximum Gasteiger partial charge on any atom is 0.321 e. The van der Waals surface area contributed by atoms with Gasteiger partial charge in [-0.1, -0.05) is 44.7 Å². The first-order valence-electron chi connectivity index (χ1n) is 8.37. The minimum Gasteiger partial charge on any atom is -0.469 e. The zero-order valence-electron chi connectivity index (χ0n) is 14.7. The van der Waals surface area contributed by atoms with E-state index in [0.29, 0.717) is 23.8 Å². The van der Waals surface area contributed by atoms with Crippen LogP contribution in [0.3, 0.4) is 0 Å². The van der Waals surface area contributed by atoms with Crippen LogP contribution in [-0.2, 0) is 9.53 Å². The maximum atomic E-state index is 12.5. The molecule has 5 nitrogen and oxygen atoms in total. The van der Waals surface area contributed by atoms with Crippen LogP contribution in [-0.4, -0.2) is 37.1 Å². The molecular weight excluding hydrogens is 328 g/mol. The van der Waals surface area contributed by atoms with Crippen molar-refractivity contribution in [1.29, 1.82) is 0 Å². The number of rotatable bonds is 9. The van der Waals surface area contributed by atoms with Gasteiger partial charge in [-0.05, 0) is 30.7 Å². The molecule has 134 valence electrons. The Morgan fingerprint density at radius 1 is 1.21 bits per heavy atom. The number of methoxy groups -OCH3 is 1. The van der Waals surface area contributed by atoms with E-state index >= 15 is 0 Å². The molecule has 1 aromatic rings. The van der Waals surface area contributed by atoms with Crippen molar-refractivity contribution < 1.29 is 14.3 Å². The molecule has 0 fully saturated rings. The molecule has 1 rings (SSSR count). The third-order valence-corrected chi connectivity index (χ3v) is 4.01. The standard InChI is InChI=1S/C18H27ClN2O3/c1-4-5-6-7-12-21(13-14(2)17(22)24-3)18(23)20-16-10-8-15(19)9-11-16/h8-11,14H,4-7,12-13H2,1-3H3,(H,20,23). The van der Waals surface area contributed by atoms with Crippen LogP contribution in [0.4, 0.5) is 10.5 Å². The van der Waals surface area contributed by atoms with E-state index in [4.69, 9.17) is 16.3 Å². The summed E-state index contributed by atoms with van der Waals surface area (Å²) in [7, 11) is 1.36. The summed E-state index contributed by atoms with van der Waals surface area (Å²) in [6, 6.07) is 6.72. The van der Waals surface area contributed by atoms with Crippen LogP contribution in [0, 0.1) is 5.92 Å². The van der Waals surface area contributed by atoms with E-state index in [2.05, 4.69) is 12.2 Å². The van der Waals surface area contributed by atoms with Gasteiger partial charge in [0.1, 0.15) is 0 Å². The Labute approximate surface area is 149 Å². The van der Waals surface area contributed by atoms with Crippen LogP contribution < -0.4 is 5.32 Å². The Bertz CT molecular complexity index is 520. The first-order chi connectivity index (χ1) is 11.5. The molecule has 0 saturated carbocycles. The number of nitrogens with zero attached hydrogens (tertiary/aromatic N) is 1. The van der Waals surface area contributed by atoms with Crippen LogP contribution in [0.5, 0.6) is 0 Å². The van der Waals surface area contributed by atoms with Gasteiger partial charge in [0, 0.05) is 23.8 Å². The molecule has 0 saturated heterocycles. The van der Waals surface area contributed by atoms with Gasteiger partial charge >= 0.3 is 12.0 Å². The van der Waals surface area contributed by atoms with Crippen LogP contribution in [0.25, 0.3) is 0 Å². The Morgan fingerprint density at radius 3 is 2.46 bits per heavy atom. The number of urea groups is 1. The van der Waals surface area contributed by atoms with Crippen molar-refractivity contribution in [1.82, 2.24) is 4.90 Å². The predicted octanol–water partition coefficient (Wildman–Crippen LogP) is 4.56. The summed E-state index contributed by atoms with van der Waals surface area (Å²) in [6.45, 7) is 4.85. The fraction of sp³-hybridized carbons (Fsp3) is 0.556. The van der Waals surface area contributed by atoms with E-state index in [0.717, 1.165) is 25.7 Å². The monoisotopic (exact) mass is 354 g/mol. The number of ether oxygens (including phenoxy) is 1. The number of anilines is 1. The van der Waals surface area contributed by atoms with E-state index in [-0.39, 0.29) is 17.9 Å². The second kappa shape index (κ2) is 10.9. The number of benzene rings is 1. The van der Waals surface area contributed by atoms with Crippen molar-refractivity contribution in [2.45, 2.75) is 39.5 Å². The van der Waals surface area contributed by atoms with Crippen molar-refractivity contribution in [3.8, 4) is 0 Å². The molecule has 0 bridgehead atoms. The molecule has 1 unspecified atom stereocenters. The van der Waals surface area contributed by atoms with Crippen molar-refractivity contribution in [2.24, 2.45) is 5.92 Å². The van der Waals surface area contributed by atoms with Crippen molar-refractivity contribution in [3.05, 3.63) is 29.3 Å². The van der Waals surface area contributed by atoms with Gasteiger partial charge in [-0.2, -0.15) is 0 Å². The van der Waals surface area contributed by atoms with E-state index in [1.807, 2.05) is 0 Å². The minimum atomic E-state index is -0.364. The van der Waals surface area contributed by atoms with Crippen LogP contribution >= 0.6 is 11.6 Å². The van der Waals surface area contributed by atoms with Crippen LogP contribution in [0.15, 0.2) is 24.3 Å².